The highest BCUT2D eigenvalue weighted by molar-refractivity contribution is 5.41. The highest BCUT2D eigenvalue weighted by Gasteiger charge is 2.49. The zero-order valence-corrected chi connectivity index (χ0v) is 38.2. The van der Waals surface area contributed by atoms with Crippen LogP contribution in [0.3, 0.4) is 0 Å². The number of fused-ring (bicyclic) bond motifs is 6. The molecule has 0 amide bonds. The lowest BCUT2D eigenvalue weighted by atomic mass is 9.52. The highest BCUT2D eigenvalue weighted by Crippen LogP contribution is 2.58. The first kappa shape index (κ1) is 44.1. The predicted octanol–water partition coefficient (Wildman–Crippen LogP) is 16.0. The van der Waals surface area contributed by atoms with E-state index in [2.05, 4.69) is 148 Å². The van der Waals surface area contributed by atoms with Crippen molar-refractivity contribution in [2.45, 2.75) is 193 Å². The molecule has 6 aliphatic rings. The molecule has 0 nitrogen and oxygen atoms in total. The van der Waals surface area contributed by atoms with E-state index >= 15 is 0 Å². The van der Waals surface area contributed by atoms with Crippen molar-refractivity contribution in [3.63, 3.8) is 0 Å². The zero-order valence-electron chi connectivity index (χ0n) is 38.2. The lowest BCUT2D eigenvalue weighted by Crippen LogP contribution is -2.43. The van der Waals surface area contributed by atoms with Gasteiger partial charge in [0.05, 0.1) is 0 Å². The maximum absolute atomic E-state index is 3.76. The van der Waals surface area contributed by atoms with Crippen molar-refractivity contribution in [1.29, 1.82) is 0 Å². The van der Waals surface area contributed by atoms with Crippen LogP contribution in [0.2, 0.25) is 0 Å². The van der Waals surface area contributed by atoms with Gasteiger partial charge in [-0.15, -0.1) is 0 Å². The molecule has 0 spiro atoms. The Hall–Kier alpha value is -4.00. The molecule has 0 radical (unpaired) electrons. The molecule has 4 aromatic carbocycles. The number of aryl methyl sites for hydroxylation is 4. The van der Waals surface area contributed by atoms with Crippen molar-refractivity contribution < 1.29 is 0 Å². The Kier molecular flexibility index (Phi) is 15.2. The second-order valence-corrected chi connectivity index (χ2v) is 19.8. The standard InChI is InChI=1S/C31H40.C29H36/c1-3-5-7-9-27-14-16-29(17-15-27)31-23-20-30(21-24-31,22-25-31)19-18-28-12-10-26(11-13-28)8-6-4-2;1-3-5-6-7-25-8-10-26(11-9-25)16-17-28-18-21-29(22-19-28,23-20-28)27-14-12-24(4-2)13-15-27/h10-17H,3-9,20-25H2,1-2H3;8-15H,3-7,18-23H2,1-2H3. The normalized spacial score (nSPS) is 25.0. The number of benzene rings is 4. The minimum atomic E-state index is 0.267. The molecule has 6 saturated carbocycles. The first-order valence-corrected chi connectivity index (χ1v) is 24.8. The van der Waals surface area contributed by atoms with E-state index in [1.54, 1.807) is 11.1 Å². The van der Waals surface area contributed by atoms with Crippen molar-refractivity contribution in [3.05, 3.63) is 142 Å². The van der Waals surface area contributed by atoms with Crippen LogP contribution in [-0.4, -0.2) is 0 Å². The molecule has 0 N–H and O–H groups in total. The smallest absolute Gasteiger partial charge is 0.0319 e. The molecule has 0 unspecified atom stereocenters. The average molecular weight is 797 g/mol. The van der Waals surface area contributed by atoms with E-state index in [9.17, 15) is 0 Å². The van der Waals surface area contributed by atoms with Gasteiger partial charge in [0.1, 0.15) is 0 Å². The third kappa shape index (κ3) is 10.9. The lowest BCUT2D eigenvalue weighted by Gasteiger charge is -2.51. The van der Waals surface area contributed by atoms with E-state index in [1.165, 1.54) is 181 Å². The van der Waals surface area contributed by atoms with E-state index in [0.717, 1.165) is 6.42 Å². The van der Waals surface area contributed by atoms with E-state index in [-0.39, 0.29) is 10.8 Å². The Morgan fingerprint density at radius 2 is 0.667 bits per heavy atom. The van der Waals surface area contributed by atoms with Gasteiger partial charge in [0.2, 0.25) is 0 Å². The Balaban J connectivity index is 0.000000182. The quantitative estimate of drug-likeness (QED) is 0.0881. The monoisotopic (exact) mass is 797 g/mol. The summed E-state index contributed by atoms with van der Waals surface area (Å²) in [7, 11) is 0. The first-order valence-electron chi connectivity index (χ1n) is 24.8. The highest BCUT2D eigenvalue weighted by atomic mass is 14.5. The fourth-order valence-electron chi connectivity index (χ4n) is 11.2. The number of rotatable bonds is 14. The molecule has 0 saturated heterocycles. The zero-order chi connectivity index (χ0) is 41.7. The molecular formula is C60H76. The van der Waals surface area contributed by atoms with Crippen LogP contribution >= 0.6 is 0 Å². The van der Waals surface area contributed by atoms with E-state index in [4.69, 9.17) is 0 Å². The van der Waals surface area contributed by atoms with Crippen LogP contribution in [-0.2, 0) is 36.5 Å². The topological polar surface area (TPSA) is 0 Å². The Labute approximate surface area is 367 Å². The van der Waals surface area contributed by atoms with Gasteiger partial charge in [0.25, 0.3) is 0 Å². The van der Waals surface area contributed by atoms with Gasteiger partial charge in [-0.1, -0.05) is 156 Å². The van der Waals surface area contributed by atoms with Crippen LogP contribution < -0.4 is 0 Å². The molecule has 0 aromatic heterocycles. The van der Waals surface area contributed by atoms with Gasteiger partial charge in [-0.05, 0) is 190 Å². The maximum atomic E-state index is 3.76. The summed E-state index contributed by atoms with van der Waals surface area (Å²) < 4.78 is 0. The van der Waals surface area contributed by atoms with Gasteiger partial charge in [-0.25, -0.2) is 0 Å². The number of hydrogen-bond acceptors (Lipinski definition) is 0. The molecule has 4 aromatic rings. The average Bonchev–Trinajstić information content (AvgIpc) is 3.32. The summed E-state index contributed by atoms with van der Waals surface area (Å²) in [6, 6.07) is 37.2. The predicted molar refractivity (Wildman–Crippen MR) is 258 cm³/mol. The van der Waals surface area contributed by atoms with Crippen LogP contribution in [0.4, 0.5) is 0 Å². The van der Waals surface area contributed by atoms with Crippen molar-refractivity contribution in [2.24, 2.45) is 10.8 Å². The summed E-state index contributed by atoms with van der Waals surface area (Å²) in [5.41, 5.74) is 12.8. The fraction of sp³-hybridized carbons (Fsp3) is 0.533. The summed E-state index contributed by atoms with van der Waals surface area (Å²) >= 11 is 0. The van der Waals surface area contributed by atoms with Crippen molar-refractivity contribution in [1.82, 2.24) is 0 Å². The Morgan fingerprint density at radius 1 is 0.350 bits per heavy atom. The number of hydrogen-bond donors (Lipinski definition) is 0. The van der Waals surface area contributed by atoms with Gasteiger partial charge in [0.15, 0.2) is 0 Å². The van der Waals surface area contributed by atoms with Gasteiger partial charge in [-0.3, -0.25) is 0 Å². The molecule has 0 atom stereocenters. The maximum Gasteiger partial charge on any atom is 0.0319 e. The molecule has 0 aliphatic heterocycles. The minimum Gasteiger partial charge on any atom is -0.0911 e. The number of unbranched alkanes of at least 4 members (excludes halogenated alkanes) is 5. The molecule has 316 valence electrons. The SMILES string of the molecule is CCCCCc1ccc(C#CC23CCC(c4ccc(CC)cc4)(CC2)CC3)cc1.CCCCCc1ccc(C23CCC(C#Cc4ccc(CCCC)cc4)(CC2)CC3)cc1. The summed E-state index contributed by atoms with van der Waals surface area (Å²) in [5.74, 6) is 14.6. The molecular weight excluding hydrogens is 721 g/mol. The summed E-state index contributed by atoms with van der Waals surface area (Å²) in [6.45, 7) is 9.04. The van der Waals surface area contributed by atoms with Crippen molar-refractivity contribution >= 4 is 0 Å². The minimum absolute atomic E-state index is 0.267. The van der Waals surface area contributed by atoms with Crippen molar-refractivity contribution in [2.75, 3.05) is 0 Å². The van der Waals surface area contributed by atoms with Gasteiger partial charge in [0, 0.05) is 22.0 Å². The lowest BCUT2D eigenvalue weighted by molar-refractivity contribution is 0.0865. The van der Waals surface area contributed by atoms with Crippen LogP contribution in [0.25, 0.3) is 0 Å². The van der Waals surface area contributed by atoms with Crippen LogP contribution in [0.15, 0.2) is 97.1 Å². The summed E-state index contributed by atoms with van der Waals surface area (Å²) in [6.07, 6.45) is 30.7. The molecule has 0 heteroatoms. The molecule has 0 heterocycles. The Morgan fingerprint density at radius 3 is 1.00 bits per heavy atom. The second-order valence-electron chi connectivity index (χ2n) is 19.8. The summed E-state index contributed by atoms with van der Waals surface area (Å²) in [5, 5.41) is 0. The fourth-order valence-corrected chi connectivity index (χ4v) is 11.2. The molecule has 10 rings (SSSR count). The van der Waals surface area contributed by atoms with E-state index < -0.39 is 0 Å². The third-order valence-corrected chi connectivity index (χ3v) is 15.8. The first-order chi connectivity index (χ1) is 29.3. The summed E-state index contributed by atoms with van der Waals surface area (Å²) in [4.78, 5) is 0. The van der Waals surface area contributed by atoms with E-state index in [0.29, 0.717) is 10.8 Å². The molecule has 6 fully saturated rings. The van der Waals surface area contributed by atoms with Gasteiger partial charge in [-0.2, -0.15) is 0 Å². The molecule has 6 aliphatic carbocycles. The van der Waals surface area contributed by atoms with Gasteiger partial charge < -0.3 is 0 Å². The molecule has 4 bridgehead atoms. The van der Waals surface area contributed by atoms with Crippen LogP contribution in [0, 0.1) is 34.5 Å². The second kappa shape index (κ2) is 20.7. The van der Waals surface area contributed by atoms with Crippen molar-refractivity contribution in [3.8, 4) is 23.7 Å². The largest absolute Gasteiger partial charge is 0.0911 e. The van der Waals surface area contributed by atoms with Gasteiger partial charge >= 0.3 is 0 Å². The van der Waals surface area contributed by atoms with Crippen LogP contribution in [0.5, 0.6) is 0 Å². The molecule has 60 heavy (non-hydrogen) atoms. The van der Waals surface area contributed by atoms with Crippen LogP contribution in [0.1, 0.15) is 201 Å². The third-order valence-electron chi connectivity index (χ3n) is 15.8. The Bertz CT molecular complexity index is 2000. The van der Waals surface area contributed by atoms with E-state index in [1.807, 2.05) is 0 Å².